The SMILES string of the molecule is C=C/N=C\C(=C/C)c1ccc2[nH]nc(-c3cc4c(-c5ccc(C)s5)cccc4[nH]3)c2n1. The number of aromatic amines is 2. The maximum atomic E-state index is 4.88. The first-order valence-electron chi connectivity index (χ1n) is 10.0. The summed E-state index contributed by atoms with van der Waals surface area (Å²) in [5.41, 5.74) is 7.54. The summed E-state index contributed by atoms with van der Waals surface area (Å²) in [6.45, 7) is 7.75. The lowest BCUT2D eigenvalue weighted by atomic mass is 10.1. The molecule has 0 unspecified atom stereocenters. The maximum Gasteiger partial charge on any atom is 0.135 e. The molecule has 0 saturated carbocycles. The van der Waals surface area contributed by atoms with Crippen LogP contribution in [0.1, 0.15) is 17.5 Å². The number of hydrogen-bond donors (Lipinski definition) is 2. The van der Waals surface area contributed by atoms with Crippen LogP contribution in [-0.4, -0.2) is 26.4 Å². The minimum atomic E-state index is 0.803. The molecule has 0 spiro atoms. The third-order valence-electron chi connectivity index (χ3n) is 5.26. The van der Waals surface area contributed by atoms with E-state index in [1.165, 1.54) is 26.9 Å². The highest BCUT2D eigenvalue weighted by atomic mass is 32.1. The summed E-state index contributed by atoms with van der Waals surface area (Å²) < 4.78 is 0. The number of fused-ring (bicyclic) bond motifs is 2. The molecule has 0 radical (unpaired) electrons. The van der Waals surface area contributed by atoms with Gasteiger partial charge >= 0.3 is 0 Å². The second-order valence-corrected chi connectivity index (χ2v) is 8.52. The lowest BCUT2D eigenvalue weighted by Crippen LogP contribution is -1.91. The summed E-state index contributed by atoms with van der Waals surface area (Å²) >= 11 is 1.81. The molecule has 4 aromatic heterocycles. The Balaban J connectivity index is 1.65. The van der Waals surface area contributed by atoms with Crippen LogP contribution in [-0.2, 0) is 0 Å². The molecule has 5 aromatic rings. The number of aliphatic imine (C=N–C) groups is 1. The van der Waals surface area contributed by atoms with Crippen molar-refractivity contribution in [3.05, 3.63) is 78.0 Å². The quantitative estimate of drug-likeness (QED) is 0.307. The van der Waals surface area contributed by atoms with E-state index in [1.807, 2.05) is 25.1 Å². The van der Waals surface area contributed by atoms with Crippen LogP contribution in [0.2, 0.25) is 0 Å². The summed E-state index contributed by atoms with van der Waals surface area (Å²) in [4.78, 5) is 15.1. The molecule has 5 nitrogen and oxygen atoms in total. The fourth-order valence-corrected chi connectivity index (χ4v) is 4.65. The van der Waals surface area contributed by atoms with Gasteiger partial charge in [0.1, 0.15) is 11.2 Å². The highest BCUT2D eigenvalue weighted by Crippen LogP contribution is 2.36. The molecule has 152 valence electrons. The van der Waals surface area contributed by atoms with Gasteiger partial charge in [-0.05, 0) is 50.2 Å². The number of benzene rings is 1. The third-order valence-corrected chi connectivity index (χ3v) is 6.29. The Morgan fingerprint density at radius 2 is 2.03 bits per heavy atom. The van der Waals surface area contributed by atoms with E-state index in [4.69, 9.17) is 4.98 Å². The van der Waals surface area contributed by atoms with E-state index < -0.39 is 0 Å². The number of hydrogen-bond acceptors (Lipinski definition) is 4. The largest absolute Gasteiger partial charge is 0.353 e. The highest BCUT2D eigenvalue weighted by Gasteiger charge is 2.15. The molecule has 0 atom stereocenters. The molecular weight excluding hydrogens is 402 g/mol. The van der Waals surface area contributed by atoms with Gasteiger partial charge in [-0.15, -0.1) is 11.3 Å². The topological polar surface area (TPSA) is 69.7 Å². The van der Waals surface area contributed by atoms with Crippen molar-refractivity contribution >= 4 is 45.1 Å². The Hall–Kier alpha value is -3.77. The molecule has 0 fully saturated rings. The van der Waals surface area contributed by atoms with Crippen LogP contribution in [0.3, 0.4) is 0 Å². The fourth-order valence-electron chi connectivity index (χ4n) is 3.75. The van der Waals surface area contributed by atoms with Gasteiger partial charge in [0.15, 0.2) is 0 Å². The molecule has 0 amide bonds. The monoisotopic (exact) mass is 423 g/mol. The molecule has 31 heavy (non-hydrogen) atoms. The highest BCUT2D eigenvalue weighted by molar-refractivity contribution is 7.15. The average molecular weight is 424 g/mol. The first-order valence-corrected chi connectivity index (χ1v) is 10.8. The summed E-state index contributed by atoms with van der Waals surface area (Å²) in [6.07, 6.45) is 5.26. The first-order chi connectivity index (χ1) is 15.2. The molecule has 5 rings (SSSR count). The predicted molar refractivity (Wildman–Crippen MR) is 132 cm³/mol. The zero-order valence-electron chi connectivity index (χ0n) is 17.3. The van der Waals surface area contributed by atoms with E-state index in [0.717, 1.165) is 39.2 Å². The number of allylic oxidation sites excluding steroid dienone is 2. The van der Waals surface area contributed by atoms with Gasteiger partial charge in [-0.2, -0.15) is 5.10 Å². The van der Waals surface area contributed by atoms with E-state index >= 15 is 0 Å². The van der Waals surface area contributed by atoms with Gasteiger partial charge in [-0.1, -0.05) is 24.8 Å². The van der Waals surface area contributed by atoms with Gasteiger partial charge < -0.3 is 4.98 Å². The summed E-state index contributed by atoms with van der Waals surface area (Å²) in [5, 5.41) is 8.86. The Morgan fingerprint density at radius 3 is 2.81 bits per heavy atom. The van der Waals surface area contributed by atoms with E-state index in [1.54, 1.807) is 17.6 Å². The van der Waals surface area contributed by atoms with Crippen LogP contribution < -0.4 is 0 Å². The minimum absolute atomic E-state index is 0.803. The van der Waals surface area contributed by atoms with Crippen LogP contribution >= 0.6 is 11.3 Å². The standard InChI is InChI=1S/C25H21N5S/c1-4-16(14-26-5-2)19-10-11-21-24(28-19)25(30-29-21)22-13-18-17(7-6-8-20(18)27-22)23-12-9-15(3)31-23/h4-14,27H,2H2,1,3H3,(H,29,30)/b16-4+,26-14-. The fraction of sp³-hybridized carbons (Fsp3) is 0.0800. The number of thiophene rings is 1. The van der Waals surface area contributed by atoms with Crippen LogP contribution in [0.4, 0.5) is 0 Å². The molecular formula is C25H21N5S. The Kier molecular flexibility index (Phi) is 4.84. The van der Waals surface area contributed by atoms with Gasteiger partial charge in [-0.25, -0.2) is 4.98 Å². The van der Waals surface area contributed by atoms with E-state index in [-0.39, 0.29) is 0 Å². The Bertz CT molecular complexity index is 1480. The van der Waals surface area contributed by atoms with Crippen LogP contribution in [0.5, 0.6) is 0 Å². The molecule has 2 N–H and O–H groups in total. The summed E-state index contributed by atoms with van der Waals surface area (Å²) in [7, 11) is 0. The van der Waals surface area contributed by atoms with Crippen molar-refractivity contribution in [3.8, 4) is 21.8 Å². The third kappa shape index (κ3) is 3.41. The van der Waals surface area contributed by atoms with Gasteiger partial charge in [0.25, 0.3) is 0 Å². The van der Waals surface area contributed by atoms with Crippen LogP contribution in [0.15, 0.2) is 72.4 Å². The zero-order valence-corrected chi connectivity index (χ0v) is 18.1. The number of H-pyrrole nitrogens is 2. The second-order valence-electron chi connectivity index (χ2n) is 7.23. The van der Waals surface area contributed by atoms with Crippen LogP contribution in [0, 0.1) is 6.92 Å². The predicted octanol–water partition coefficient (Wildman–Crippen LogP) is 6.76. The minimum Gasteiger partial charge on any atom is -0.353 e. The second kappa shape index (κ2) is 7.81. The van der Waals surface area contributed by atoms with Crippen molar-refractivity contribution in [1.29, 1.82) is 0 Å². The molecule has 4 heterocycles. The lowest BCUT2D eigenvalue weighted by Gasteiger charge is -2.01. The van der Waals surface area contributed by atoms with E-state index in [9.17, 15) is 0 Å². The molecule has 0 bridgehead atoms. The number of aryl methyl sites for hydroxylation is 1. The van der Waals surface area contributed by atoms with E-state index in [0.29, 0.717) is 0 Å². The van der Waals surface area contributed by atoms with Crippen molar-refractivity contribution in [2.45, 2.75) is 13.8 Å². The molecule has 0 aliphatic carbocycles. The normalized spacial score (nSPS) is 12.4. The smallest absolute Gasteiger partial charge is 0.135 e. The van der Waals surface area contributed by atoms with Crippen LogP contribution in [0.25, 0.3) is 49.3 Å². The van der Waals surface area contributed by atoms with Gasteiger partial charge in [-0.3, -0.25) is 10.1 Å². The molecule has 1 aromatic carbocycles. The maximum absolute atomic E-state index is 4.88. The Labute approximate surface area is 183 Å². The van der Waals surface area contributed by atoms with Gasteiger partial charge in [0.05, 0.1) is 16.9 Å². The molecule has 6 heteroatoms. The van der Waals surface area contributed by atoms with Crippen molar-refractivity contribution in [1.82, 2.24) is 20.2 Å². The van der Waals surface area contributed by atoms with Gasteiger partial charge in [0.2, 0.25) is 0 Å². The number of aromatic nitrogens is 4. The van der Waals surface area contributed by atoms with Crippen molar-refractivity contribution in [2.24, 2.45) is 4.99 Å². The molecule has 0 saturated heterocycles. The lowest BCUT2D eigenvalue weighted by molar-refractivity contribution is 1.12. The van der Waals surface area contributed by atoms with Crippen molar-refractivity contribution in [3.63, 3.8) is 0 Å². The van der Waals surface area contributed by atoms with Crippen molar-refractivity contribution in [2.75, 3.05) is 0 Å². The molecule has 0 aliphatic rings. The number of nitrogens with one attached hydrogen (secondary N) is 2. The Morgan fingerprint density at radius 1 is 1.13 bits per heavy atom. The van der Waals surface area contributed by atoms with E-state index in [2.05, 4.69) is 70.1 Å². The molecule has 0 aliphatic heterocycles. The zero-order chi connectivity index (χ0) is 21.4. The van der Waals surface area contributed by atoms with Crippen molar-refractivity contribution < 1.29 is 0 Å². The number of nitrogens with zero attached hydrogens (tertiary/aromatic N) is 3. The summed E-state index contributed by atoms with van der Waals surface area (Å²) in [6, 6.07) is 16.8. The average Bonchev–Trinajstić information content (AvgIpc) is 3.51. The number of pyridine rings is 1. The number of rotatable bonds is 5. The first kappa shape index (κ1) is 19.2. The summed E-state index contributed by atoms with van der Waals surface area (Å²) in [5.74, 6) is 0. The van der Waals surface area contributed by atoms with Gasteiger partial charge in [0, 0.05) is 44.2 Å².